The predicted octanol–water partition coefficient (Wildman–Crippen LogP) is 3.73. The van der Waals surface area contributed by atoms with E-state index in [9.17, 15) is 9.90 Å². The fourth-order valence-corrected chi connectivity index (χ4v) is 3.97. The maximum Gasteiger partial charge on any atom is 0.261 e. The van der Waals surface area contributed by atoms with Crippen molar-refractivity contribution in [2.75, 3.05) is 33.1 Å². The van der Waals surface area contributed by atoms with Gasteiger partial charge in [-0.1, -0.05) is 38.5 Å². The molecule has 0 atom stereocenters. The van der Waals surface area contributed by atoms with E-state index in [0.717, 1.165) is 66.2 Å². The number of rotatable bonds is 8. The lowest BCUT2D eigenvalue weighted by molar-refractivity contribution is -0.124. The van der Waals surface area contributed by atoms with Crippen LogP contribution < -0.4 is 0 Å². The number of carbonyl (C=O) groups is 1. The van der Waals surface area contributed by atoms with Gasteiger partial charge in [0.15, 0.2) is 0 Å². The van der Waals surface area contributed by atoms with Crippen LogP contribution in [0.2, 0.25) is 0 Å². The molecule has 5 heteroatoms. The lowest BCUT2D eigenvalue weighted by Crippen LogP contribution is -2.32. The maximum atomic E-state index is 12.6. The number of phenolic OH excluding ortho intramolecular Hbond substituents is 1. The molecule has 25 heavy (non-hydrogen) atoms. The zero-order valence-corrected chi connectivity index (χ0v) is 16.7. The minimum Gasteiger partial charge on any atom is -0.507 e. The van der Waals surface area contributed by atoms with Crippen molar-refractivity contribution in [3.05, 3.63) is 33.7 Å². The van der Waals surface area contributed by atoms with Gasteiger partial charge in [0.25, 0.3) is 5.91 Å². The third-order valence-corrected chi connectivity index (χ3v) is 5.36. The smallest absolute Gasteiger partial charge is 0.261 e. The first-order valence-corrected chi connectivity index (χ1v) is 10.1. The molecule has 0 saturated carbocycles. The summed E-state index contributed by atoms with van der Waals surface area (Å²) < 4.78 is 0. The van der Waals surface area contributed by atoms with Crippen molar-refractivity contribution >= 4 is 23.7 Å². The highest BCUT2D eigenvalue weighted by atomic mass is 32.2. The number of benzene rings is 1. The number of phenols is 1. The summed E-state index contributed by atoms with van der Waals surface area (Å²) in [7, 11) is 4.04. The molecule has 0 radical (unpaired) electrons. The topological polar surface area (TPSA) is 43.8 Å². The van der Waals surface area contributed by atoms with Crippen LogP contribution in [0, 0.1) is 0 Å². The first kappa shape index (κ1) is 19.9. The van der Waals surface area contributed by atoms with E-state index < -0.39 is 0 Å². The number of aromatic hydroxyl groups is 1. The summed E-state index contributed by atoms with van der Waals surface area (Å²) in [5.41, 5.74) is 3.00. The SMILES string of the molecule is CCCc1cc(C=C2SCN(CCN(C)C)C2=O)cc(CCC)c1O. The highest BCUT2D eigenvalue weighted by Crippen LogP contribution is 2.32. The van der Waals surface area contributed by atoms with Crippen LogP contribution in [-0.4, -0.2) is 53.9 Å². The summed E-state index contributed by atoms with van der Waals surface area (Å²) in [6.07, 6.45) is 5.68. The molecule has 1 aliphatic heterocycles. The Morgan fingerprint density at radius 2 is 1.80 bits per heavy atom. The number of aryl methyl sites for hydroxylation is 2. The monoisotopic (exact) mass is 362 g/mol. The van der Waals surface area contributed by atoms with Gasteiger partial charge in [-0.25, -0.2) is 0 Å². The minimum atomic E-state index is 0.119. The van der Waals surface area contributed by atoms with Gasteiger partial charge in [-0.3, -0.25) is 4.79 Å². The molecule has 0 aromatic heterocycles. The number of nitrogens with zero attached hydrogens (tertiary/aromatic N) is 2. The summed E-state index contributed by atoms with van der Waals surface area (Å²) in [4.78, 5) is 17.4. The van der Waals surface area contributed by atoms with E-state index in [-0.39, 0.29) is 5.91 Å². The predicted molar refractivity (Wildman–Crippen MR) is 107 cm³/mol. The average molecular weight is 363 g/mol. The number of hydrogen-bond donors (Lipinski definition) is 1. The Morgan fingerprint density at radius 1 is 1.20 bits per heavy atom. The van der Waals surface area contributed by atoms with Gasteiger partial charge in [0, 0.05) is 13.1 Å². The van der Waals surface area contributed by atoms with Gasteiger partial charge >= 0.3 is 0 Å². The summed E-state index contributed by atoms with van der Waals surface area (Å²) in [6.45, 7) is 5.86. The molecule has 1 fully saturated rings. The van der Waals surface area contributed by atoms with Gasteiger partial charge in [0.1, 0.15) is 5.75 Å². The van der Waals surface area contributed by atoms with E-state index in [0.29, 0.717) is 5.75 Å². The third kappa shape index (κ3) is 5.25. The zero-order chi connectivity index (χ0) is 18.4. The van der Waals surface area contributed by atoms with Crippen LogP contribution in [0.4, 0.5) is 0 Å². The Labute approximate surface area is 155 Å². The molecule has 138 valence electrons. The lowest BCUT2D eigenvalue weighted by Gasteiger charge is -2.17. The molecule has 4 nitrogen and oxygen atoms in total. The molecule has 1 aromatic carbocycles. The van der Waals surface area contributed by atoms with Crippen molar-refractivity contribution in [1.29, 1.82) is 0 Å². The molecule has 1 heterocycles. The van der Waals surface area contributed by atoms with Crippen molar-refractivity contribution in [1.82, 2.24) is 9.80 Å². The summed E-state index contributed by atoms with van der Waals surface area (Å²) in [5.74, 6) is 1.28. The molecule has 0 aliphatic carbocycles. The van der Waals surface area contributed by atoms with E-state index in [1.54, 1.807) is 11.8 Å². The number of carbonyl (C=O) groups excluding carboxylic acids is 1. The van der Waals surface area contributed by atoms with Crippen molar-refractivity contribution in [2.45, 2.75) is 39.5 Å². The Morgan fingerprint density at radius 3 is 2.32 bits per heavy atom. The number of likely N-dealkylation sites (N-methyl/N-ethyl adjacent to an activating group) is 1. The van der Waals surface area contributed by atoms with Gasteiger partial charge in [-0.15, -0.1) is 0 Å². The molecule has 1 N–H and O–H groups in total. The average Bonchev–Trinajstić information content (AvgIpc) is 2.90. The first-order valence-electron chi connectivity index (χ1n) is 9.09. The summed E-state index contributed by atoms with van der Waals surface area (Å²) in [6, 6.07) is 4.06. The van der Waals surface area contributed by atoms with Crippen LogP contribution in [0.5, 0.6) is 5.75 Å². The molecule has 1 aromatic rings. The van der Waals surface area contributed by atoms with Gasteiger partial charge < -0.3 is 14.9 Å². The molecule has 0 unspecified atom stereocenters. The molecule has 2 rings (SSSR count). The van der Waals surface area contributed by atoms with E-state index in [2.05, 4.69) is 18.7 Å². The van der Waals surface area contributed by atoms with Crippen LogP contribution in [0.25, 0.3) is 6.08 Å². The van der Waals surface area contributed by atoms with Crippen LogP contribution in [0.3, 0.4) is 0 Å². The van der Waals surface area contributed by atoms with Gasteiger partial charge in [-0.2, -0.15) is 0 Å². The Kier molecular flexibility index (Phi) is 7.38. The highest BCUT2D eigenvalue weighted by Gasteiger charge is 2.26. The quantitative estimate of drug-likeness (QED) is 0.716. The number of thioether (sulfide) groups is 1. The summed E-state index contributed by atoms with van der Waals surface area (Å²) in [5, 5.41) is 10.4. The first-order chi connectivity index (χ1) is 12.0. The fraction of sp³-hybridized carbons (Fsp3) is 0.550. The molecular weight excluding hydrogens is 332 g/mol. The van der Waals surface area contributed by atoms with Gasteiger partial charge in [0.05, 0.1) is 10.8 Å². The van der Waals surface area contributed by atoms with E-state index in [1.807, 2.05) is 37.2 Å². The van der Waals surface area contributed by atoms with Crippen LogP contribution >= 0.6 is 11.8 Å². The Hall–Kier alpha value is -1.46. The third-order valence-electron chi connectivity index (χ3n) is 4.32. The highest BCUT2D eigenvalue weighted by molar-refractivity contribution is 8.04. The second-order valence-corrected chi connectivity index (χ2v) is 7.83. The van der Waals surface area contributed by atoms with E-state index >= 15 is 0 Å². The fourth-order valence-electron chi connectivity index (χ4n) is 2.96. The Bertz CT molecular complexity index is 614. The van der Waals surface area contributed by atoms with Crippen molar-refractivity contribution in [2.24, 2.45) is 0 Å². The minimum absolute atomic E-state index is 0.119. The van der Waals surface area contributed by atoms with Crippen LogP contribution in [0.1, 0.15) is 43.4 Å². The largest absolute Gasteiger partial charge is 0.507 e. The molecule has 0 bridgehead atoms. The van der Waals surface area contributed by atoms with Gasteiger partial charge in [-0.05, 0) is 61.8 Å². The van der Waals surface area contributed by atoms with Crippen molar-refractivity contribution < 1.29 is 9.90 Å². The van der Waals surface area contributed by atoms with Crippen molar-refractivity contribution in [3.63, 3.8) is 0 Å². The van der Waals surface area contributed by atoms with Crippen molar-refractivity contribution in [3.8, 4) is 5.75 Å². The second-order valence-electron chi connectivity index (χ2n) is 6.84. The van der Waals surface area contributed by atoms with Crippen LogP contribution in [-0.2, 0) is 17.6 Å². The maximum absolute atomic E-state index is 12.6. The number of amides is 1. The summed E-state index contributed by atoms with van der Waals surface area (Å²) >= 11 is 1.60. The zero-order valence-electron chi connectivity index (χ0n) is 15.8. The normalized spacial score (nSPS) is 16.4. The number of hydrogen-bond acceptors (Lipinski definition) is 4. The standard InChI is InChI=1S/C20H30N2O2S/c1-5-7-16-11-15(12-17(8-6-2)19(16)23)13-18-20(24)22(14-25-18)10-9-21(3)4/h11-13,23H,5-10,14H2,1-4H3. The second kappa shape index (κ2) is 9.30. The van der Waals surface area contributed by atoms with E-state index in [1.165, 1.54) is 0 Å². The lowest BCUT2D eigenvalue weighted by atomic mass is 9.98. The Balaban J connectivity index is 2.23. The van der Waals surface area contributed by atoms with E-state index in [4.69, 9.17) is 0 Å². The van der Waals surface area contributed by atoms with Crippen LogP contribution in [0.15, 0.2) is 17.0 Å². The molecule has 1 saturated heterocycles. The molecule has 1 amide bonds. The molecular formula is C20H30N2O2S. The van der Waals surface area contributed by atoms with Gasteiger partial charge in [0.2, 0.25) is 0 Å². The molecule has 0 spiro atoms. The molecule has 1 aliphatic rings.